The number of rotatable bonds is 1. The summed E-state index contributed by atoms with van der Waals surface area (Å²) in [5, 5.41) is 0.620. The summed E-state index contributed by atoms with van der Waals surface area (Å²) in [5.74, 6) is 1.61. The number of hydrogen-bond donors (Lipinski definition) is 0. The predicted octanol–water partition coefficient (Wildman–Crippen LogP) is 2.72. The SMILES string of the molecule is Cc1ccc2c(Cl)nc(C3CCN(C)C3)n2c1. The van der Waals surface area contributed by atoms with Crippen LogP contribution in [-0.4, -0.2) is 34.4 Å². The lowest BCUT2D eigenvalue weighted by molar-refractivity contribution is 0.409. The number of imidazole rings is 1. The molecule has 3 nitrogen and oxygen atoms in total. The summed E-state index contributed by atoms with van der Waals surface area (Å²) in [6.45, 7) is 4.31. The molecule has 90 valence electrons. The normalized spacial score (nSPS) is 21.5. The lowest BCUT2D eigenvalue weighted by atomic mass is 10.1. The Morgan fingerprint density at radius 3 is 2.94 bits per heavy atom. The summed E-state index contributed by atoms with van der Waals surface area (Å²) in [6.07, 6.45) is 3.29. The van der Waals surface area contributed by atoms with Crippen molar-refractivity contribution in [2.75, 3.05) is 20.1 Å². The summed E-state index contributed by atoms with van der Waals surface area (Å²) in [6, 6.07) is 4.13. The molecule has 17 heavy (non-hydrogen) atoms. The molecule has 0 saturated carbocycles. The molecule has 1 aliphatic heterocycles. The third-order valence-electron chi connectivity index (χ3n) is 3.52. The van der Waals surface area contributed by atoms with E-state index in [9.17, 15) is 0 Å². The minimum Gasteiger partial charge on any atom is -0.306 e. The Morgan fingerprint density at radius 1 is 1.41 bits per heavy atom. The molecule has 3 heterocycles. The van der Waals surface area contributed by atoms with Gasteiger partial charge in [0, 0.05) is 18.7 Å². The van der Waals surface area contributed by atoms with Gasteiger partial charge in [0.2, 0.25) is 0 Å². The van der Waals surface area contributed by atoms with E-state index in [1.165, 1.54) is 12.0 Å². The molecule has 1 atom stereocenters. The van der Waals surface area contributed by atoms with Gasteiger partial charge in [-0.25, -0.2) is 4.98 Å². The zero-order chi connectivity index (χ0) is 12.0. The first-order valence-corrected chi connectivity index (χ1v) is 6.35. The van der Waals surface area contributed by atoms with E-state index in [2.05, 4.69) is 40.5 Å². The van der Waals surface area contributed by atoms with E-state index in [1.807, 2.05) is 6.07 Å². The third-order valence-corrected chi connectivity index (χ3v) is 3.80. The Kier molecular flexibility index (Phi) is 2.60. The van der Waals surface area contributed by atoms with Crippen LogP contribution in [0.3, 0.4) is 0 Å². The number of hydrogen-bond acceptors (Lipinski definition) is 2. The molecule has 3 rings (SSSR count). The van der Waals surface area contributed by atoms with E-state index in [4.69, 9.17) is 11.6 Å². The summed E-state index contributed by atoms with van der Waals surface area (Å²) in [7, 11) is 2.16. The molecular weight excluding hydrogens is 234 g/mol. The van der Waals surface area contributed by atoms with E-state index in [1.54, 1.807) is 0 Å². The molecule has 0 aliphatic carbocycles. The van der Waals surface area contributed by atoms with E-state index in [0.29, 0.717) is 11.1 Å². The summed E-state index contributed by atoms with van der Waals surface area (Å²) in [4.78, 5) is 6.89. The minimum absolute atomic E-state index is 0.502. The fraction of sp³-hybridized carbons (Fsp3) is 0.462. The second-order valence-electron chi connectivity index (χ2n) is 4.97. The molecule has 0 amide bonds. The zero-order valence-corrected chi connectivity index (χ0v) is 10.9. The zero-order valence-electron chi connectivity index (χ0n) is 10.2. The molecule has 0 radical (unpaired) electrons. The molecule has 1 aliphatic rings. The van der Waals surface area contributed by atoms with Crippen LogP contribution in [0.15, 0.2) is 18.3 Å². The summed E-state index contributed by atoms with van der Waals surface area (Å²) >= 11 is 6.20. The quantitative estimate of drug-likeness (QED) is 0.775. The van der Waals surface area contributed by atoms with Crippen LogP contribution in [0, 0.1) is 6.92 Å². The predicted molar refractivity (Wildman–Crippen MR) is 69.8 cm³/mol. The molecule has 0 bridgehead atoms. The Morgan fingerprint density at radius 2 is 2.24 bits per heavy atom. The van der Waals surface area contributed by atoms with Crippen LogP contribution in [0.4, 0.5) is 0 Å². The number of likely N-dealkylation sites (N-methyl/N-ethyl adjacent to an activating group) is 1. The first kappa shape index (κ1) is 11.1. The largest absolute Gasteiger partial charge is 0.306 e. The van der Waals surface area contributed by atoms with Crippen LogP contribution < -0.4 is 0 Å². The summed E-state index contributed by atoms with van der Waals surface area (Å²) in [5.41, 5.74) is 2.25. The van der Waals surface area contributed by atoms with Crippen LogP contribution in [0.1, 0.15) is 23.7 Å². The van der Waals surface area contributed by atoms with Crippen LogP contribution in [0.25, 0.3) is 5.52 Å². The standard InChI is InChI=1S/C13H16ClN3/c1-9-3-4-11-12(14)15-13(17(11)7-9)10-5-6-16(2)8-10/h3-4,7,10H,5-6,8H2,1-2H3. The van der Waals surface area contributed by atoms with Crippen LogP contribution in [0.2, 0.25) is 5.15 Å². The van der Waals surface area contributed by atoms with Crippen molar-refractivity contribution in [2.24, 2.45) is 0 Å². The van der Waals surface area contributed by atoms with Crippen molar-refractivity contribution >= 4 is 17.1 Å². The second kappa shape index (κ2) is 4.00. The van der Waals surface area contributed by atoms with Gasteiger partial charge in [0.15, 0.2) is 5.15 Å². The highest BCUT2D eigenvalue weighted by molar-refractivity contribution is 6.32. The Bertz CT molecular complexity index is 561. The number of likely N-dealkylation sites (tertiary alicyclic amines) is 1. The van der Waals surface area contributed by atoms with Gasteiger partial charge in [0.05, 0.1) is 5.52 Å². The number of aromatic nitrogens is 2. The van der Waals surface area contributed by atoms with E-state index >= 15 is 0 Å². The number of nitrogens with zero attached hydrogens (tertiary/aromatic N) is 3. The van der Waals surface area contributed by atoms with Crippen molar-refractivity contribution in [1.29, 1.82) is 0 Å². The molecule has 1 unspecified atom stereocenters. The van der Waals surface area contributed by atoms with Crippen LogP contribution in [-0.2, 0) is 0 Å². The second-order valence-corrected chi connectivity index (χ2v) is 5.33. The number of fused-ring (bicyclic) bond motifs is 1. The Labute approximate surface area is 106 Å². The molecule has 1 fully saturated rings. The topological polar surface area (TPSA) is 20.5 Å². The van der Waals surface area contributed by atoms with Gasteiger partial charge in [-0.3, -0.25) is 0 Å². The molecule has 2 aromatic rings. The molecule has 4 heteroatoms. The number of pyridine rings is 1. The minimum atomic E-state index is 0.502. The highest BCUT2D eigenvalue weighted by Crippen LogP contribution is 2.29. The van der Waals surface area contributed by atoms with Crippen molar-refractivity contribution in [3.05, 3.63) is 34.9 Å². The number of aryl methyl sites for hydroxylation is 1. The van der Waals surface area contributed by atoms with Gasteiger partial charge in [0.25, 0.3) is 0 Å². The maximum absolute atomic E-state index is 6.20. The van der Waals surface area contributed by atoms with Gasteiger partial charge >= 0.3 is 0 Å². The monoisotopic (exact) mass is 249 g/mol. The Hall–Kier alpha value is -1.06. The van der Waals surface area contributed by atoms with Gasteiger partial charge in [-0.05, 0) is 38.6 Å². The maximum atomic E-state index is 6.20. The van der Waals surface area contributed by atoms with Crippen LogP contribution in [0.5, 0.6) is 0 Å². The van der Waals surface area contributed by atoms with E-state index < -0.39 is 0 Å². The first-order valence-electron chi connectivity index (χ1n) is 5.98. The van der Waals surface area contributed by atoms with Crippen molar-refractivity contribution in [1.82, 2.24) is 14.3 Å². The van der Waals surface area contributed by atoms with Crippen molar-refractivity contribution in [2.45, 2.75) is 19.3 Å². The van der Waals surface area contributed by atoms with Gasteiger partial charge in [0.1, 0.15) is 5.82 Å². The Balaban J connectivity index is 2.13. The van der Waals surface area contributed by atoms with Gasteiger partial charge in [-0.15, -0.1) is 0 Å². The maximum Gasteiger partial charge on any atom is 0.155 e. The van der Waals surface area contributed by atoms with Crippen molar-refractivity contribution in [3.8, 4) is 0 Å². The van der Waals surface area contributed by atoms with Gasteiger partial charge < -0.3 is 9.30 Å². The average Bonchev–Trinajstić information content (AvgIpc) is 2.83. The van der Waals surface area contributed by atoms with Crippen molar-refractivity contribution < 1.29 is 0 Å². The lowest BCUT2D eigenvalue weighted by Crippen LogP contribution is -2.14. The van der Waals surface area contributed by atoms with Gasteiger partial charge in [-0.2, -0.15) is 0 Å². The van der Waals surface area contributed by atoms with Gasteiger partial charge in [-0.1, -0.05) is 17.7 Å². The highest BCUT2D eigenvalue weighted by atomic mass is 35.5. The first-order chi connectivity index (χ1) is 8.15. The smallest absolute Gasteiger partial charge is 0.155 e. The molecule has 0 aromatic carbocycles. The average molecular weight is 250 g/mol. The molecule has 0 spiro atoms. The third kappa shape index (κ3) is 1.83. The summed E-state index contributed by atoms with van der Waals surface area (Å²) < 4.78 is 2.15. The highest BCUT2D eigenvalue weighted by Gasteiger charge is 2.25. The molecule has 2 aromatic heterocycles. The van der Waals surface area contributed by atoms with Crippen LogP contribution >= 0.6 is 11.6 Å². The molecule has 1 saturated heterocycles. The van der Waals surface area contributed by atoms with Crippen molar-refractivity contribution in [3.63, 3.8) is 0 Å². The number of halogens is 1. The lowest BCUT2D eigenvalue weighted by Gasteiger charge is -2.09. The fourth-order valence-electron chi connectivity index (χ4n) is 2.61. The molecular formula is C13H16ClN3. The van der Waals surface area contributed by atoms with E-state index in [-0.39, 0.29) is 0 Å². The van der Waals surface area contributed by atoms with E-state index in [0.717, 1.165) is 24.4 Å². The molecule has 0 N–H and O–H groups in total. The fourth-order valence-corrected chi connectivity index (χ4v) is 2.85.